The number of hydrogen-bond donors (Lipinski definition) is 6. The molecule has 0 saturated carbocycles. The molecule has 0 fully saturated rings. The van der Waals surface area contributed by atoms with E-state index in [0.717, 1.165) is 0 Å². The van der Waals surface area contributed by atoms with Gasteiger partial charge in [-0.1, -0.05) is 6.92 Å². The lowest BCUT2D eigenvalue weighted by Gasteiger charge is -2.46. The average molecular weight is 571 g/mol. The first-order chi connectivity index (χ1) is 18.9. The lowest BCUT2D eigenvalue weighted by Crippen LogP contribution is -2.66. The normalized spacial score (nSPS) is 16.6. The molecule has 0 heterocycles. The number of hydrogen-bond acceptors (Lipinski definition) is 12. The van der Waals surface area contributed by atoms with Crippen LogP contribution in [-0.2, 0) is 12.8 Å². The minimum Gasteiger partial charge on any atom is -0.497 e. The van der Waals surface area contributed by atoms with Crippen LogP contribution in [0.15, 0.2) is 24.3 Å². The number of rotatable bonds is 16. The molecule has 0 bridgehead atoms. The summed E-state index contributed by atoms with van der Waals surface area (Å²) in [6.45, 7) is 0.651. The van der Waals surface area contributed by atoms with Gasteiger partial charge in [0.25, 0.3) is 0 Å². The molecule has 40 heavy (non-hydrogen) atoms. The molecule has 2 aromatic rings. The summed E-state index contributed by atoms with van der Waals surface area (Å²) in [5.41, 5.74) is -4.13. The summed E-state index contributed by atoms with van der Waals surface area (Å²) in [5.74, 6) is 1.69. The van der Waals surface area contributed by atoms with Crippen LogP contribution in [0.25, 0.3) is 0 Å². The Morgan fingerprint density at radius 2 is 1.12 bits per heavy atom. The van der Waals surface area contributed by atoms with E-state index in [9.17, 15) is 30.6 Å². The van der Waals surface area contributed by atoms with Gasteiger partial charge in [-0.05, 0) is 18.6 Å². The van der Waals surface area contributed by atoms with Gasteiger partial charge < -0.3 is 59.1 Å². The fraction of sp³-hybridized carbons (Fsp3) is 0.571. The molecule has 0 aromatic heterocycles. The first-order valence-corrected chi connectivity index (χ1v) is 12.6. The Labute approximate surface area is 234 Å². The summed E-state index contributed by atoms with van der Waals surface area (Å²) >= 11 is 0. The van der Waals surface area contributed by atoms with Crippen molar-refractivity contribution in [2.45, 2.75) is 55.7 Å². The summed E-state index contributed by atoms with van der Waals surface area (Å²) in [6.07, 6.45) is -7.03. The van der Waals surface area contributed by atoms with E-state index >= 15 is 0 Å². The van der Waals surface area contributed by atoms with Gasteiger partial charge in [-0.25, -0.2) is 0 Å². The molecule has 0 amide bonds. The van der Waals surface area contributed by atoms with Crippen LogP contribution in [0, 0.1) is 0 Å². The number of aliphatic hydroxyl groups excluding tert-OH is 4. The molecule has 1 unspecified atom stereocenters. The van der Waals surface area contributed by atoms with Gasteiger partial charge in [-0.2, -0.15) is 0 Å². The second-order valence-electron chi connectivity index (χ2n) is 9.44. The third kappa shape index (κ3) is 6.65. The van der Waals surface area contributed by atoms with Gasteiger partial charge in [-0.3, -0.25) is 0 Å². The molecule has 0 spiro atoms. The fourth-order valence-corrected chi connectivity index (χ4v) is 4.84. The highest BCUT2D eigenvalue weighted by molar-refractivity contribution is 5.54. The van der Waals surface area contributed by atoms with Crippen molar-refractivity contribution in [2.75, 3.05) is 49.3 Å². The third-order valence-corrected chi connectivity index (χ3v) is 7.16. The van der Waals surface area contributed by atoms with E-state index < -0.39 is 42.5 Å². The van der Waals surface area contributed by atoms with Crippen LogP contribution in [-0.4, -0.2) is 109 Å². The molecule has 2 rings (SSSR count). The lowest BCUT2D eigenvalue weighted by atomic mass is 9.72. The number of methoxy groups -OCH3 is 6. The van der Waals surface area contributed by atoms with Crippen LogP contribution in [0.2, 0.25) is 0 Å². The van der Waals surface area contributed by atoms with Gasteiger partial charge in [0.15, 0.2) is 23.0 Å². The van der Waals surface area contributed by atoms with Gasteiger partial charge in [0.1, 0.15) is 35.4 Å². The first kappa shape index (κ1) is 33.2. The monoisotopic (exact) mass is 570 g/mol. The molecule has 0 aliphatic carbocycles. The van der Waals surface area contributed by atoms with Gasteiger partial charge in [-0.15, -0.1) is 0 Å². The number of benzene rings is 2. The Balaban J connectivity index is 2.72. The van der Waals surface area contributed by atoms with Crippen molar-refractivity contribution < 1.29 is 59.1 Å². The second kappa shape index (κ2) is 14.1. The Hall–Kier alpha value is -3.00. The summed E-state index contributed by atoms with van der Waals surface area (Å²) in [7, 11) is 8.49. The summed E-state index contributed by atoms with van der Waals surface area (Å²) in [4.78, 5) is 0. The van der Waals surface area contributed by atoms with Crippen molar-refractivity contribution in [3.63, 3.8) is 0 Å². The highest BCUT2D eigenvalue weighted by atomic mass is 16.5. The smallest absolute Gasteiger partial charge is 0.164 e. The Bertz CT molecular complexity index is 1110. The molecule has 12 nitrogen and oxygen atoms in total. The largest absolute Gasteiger partial charge is 0.497 e. The minimum atomic E-state index is -2.63. The van der Waals surface area contributed by atoms with E-state index in [0.29, 0.717) is 22.8 Å². The number of ether oxygens (including phenoxy) is 6. The van der Waals surface area contributed by atoms with Crippen LogP contribution in [0.4, 0.5) is 0 Å². The highest BCUT2D eigenvalue weighted by Gasteiger charge is 2.54. The predicted octanol–water partition coefficient (Wildman–Crippen LogP) is 0.471. The van der Waals surface area contributed by atoms with Crippen LogP contribution in [0.5, 0.6) is 34.5 Å². The molecule has 12 heteroatoms. The SMILES string of the molecule is CCC(O)(Cc1cc(OC)cc(OC)c1OC)[C@@H](O)[C@@](O)(Cc1cc(OC)cc(OC)c1OC)[C@H](O)[C@@H](O)CO. The maximum atomic E-state index is 12.0. The fourth-order valence-electron chi connectivity index (χ4n) is 4.84. The topological polar surface area (TPSA) is 177 Å². The maximum absolute atomic E-state index is 12.0. The van der Waals surface area contributed by atoms with E-state index in [1.807, 2.05) is 0 Å². The van der Waals surface area contributed by atoms with E-state index in [2.05, 4.69) is 0 Å². The molecule has 226 valence electrons. The molecule has 0 radical (unpaired) electrons. The number of aliphatic hydroxyl groups is 6. The lowest BCUT2D eigenvalue weighted by molar-refractivity contribution is -0.229. The third-order valence-electron chi connectivity index (χ3n) is 7.16. The van der Waals surface area contributed by atoms with Gasteiger partial charge in [0.05, 0.1) is 54.9 Å². The average Bonchev–Trinajstić information content (AvgIpc) is 2.98. The van der Waals surface area contributed by atoms with Gasteiger partial charge >= 0.3 is 0 Å². The Morgan fingerprint density at radius 3 is 1.48 bits per heavy atom. The summed E-state index contributed by atoms with van der Waals surface area (Å²) in [5, 5.41) is 66.6. The zero-order valence-electron chi connectivity index (χ0n) is 24.0. The molecule has 2 aromatic carbocycles. The zero-order valence-corrected chi connectivity index (χ0v) is 24.0. The molecule has 6 N–H and O–H groups in total. The van der Waals surface area contributed by atoms with E-state index in [1.165, 1.54) is 48.7 Å². The van der Waals surface area contributed by atoms with Gasteiger partial charge in [0.2, 0.25) is 0 Å². The van der Waals surface area contributed by atoms with Crippen LogP contribution >= 0.6 is 0 Å². The van der Waals surface area contributed by atoms with Crippen molar-refractivity contribution in [2.24, 2.45) is 0 Å². The van der Waals surface area contributed by atoms with Crippen molar-refractivity contribution in [1.29, 1.82) is 0 Å². The maximum Gasteiger partial charge on any atom is 0.164 e. The van der Waals surface area contributed by atoms with Crippen molar-refractivity contribution in [3.8, 4) is 34.5 Å². The Kier molecular flexibility index (Phi) is 11.7. The van der Waals surface area contributed by atoms with Crippen molar-refractivity contribution in [3.05, 3.63) is 35.4 Å². The first-order valence-electron chi connectivity index (χ1n) is 12.6. The summed E-state index contributed by atoms with van der Waals surface area (Å²) < 4.78 is 32.4. The summed E-state index contributed by atoms with van der Waals surface area (Å²) in [6, 6.07) is 6.21. The van der Waals surface area contributed by atoms with Gasteiger partial charge in [0, 0.05) is 36.1 Å². The van der Waals surface area contributed by atoms with E-state index in [1.54, 1.807) is 25.1 Å². The van der Waals surface area contributed by atoms with E-state index in [-0.39, 0.29) is 35.7 Å². The molecule has 5 atom stereocenters. The molecule has 0 aliphatic heterocycles. The quantitative estimate of drug-likeness (QED) is 0.165. The minimum absolute atomic E-state index is 0.111. The van der Waals surface area contributed by atoms with Crippen LogP contribution < -0.4 is 28.4 Å². The van der Waals surface area contributed by atoms with Crippen molar-refractivity contribution >= 4 is 0 Å². The zero-order chi connectivity index (χ0) is 30.3. The highest BCUT2D eigenvalue weighted by Crippen LogP contribution is 2.43. The molecular weight excluding hydrogens is 528 g/mol. The second-order valence-corrected chi connectivity index (χ2v) is 9.44. The predicted molar refractivity (Wildman–Crippen MR) is 145 cm³/mol. The molecule has 0 saturated heterocycles. The standard InChI is InChI=1S/C28H42O12/c1-8-27(33,13-16-9-18(35-2)11-21(37-4)23(16)39-6)26(32)28(34,25(31)20(30)15-29)14-17-10-19(36-3)12-22(38-5)24(17)40-7/h9-12,20,25-26,29-34H,8,13-15H2,1-7H3/t20-,25+,26+,27?,28+/m0/s1. The molecule has 0 aliphatic rings. The van der Waals surface area contributed by atoms with Crippen LogP contribution in [0.3, 0.4) is 0 Å². The van der Waals surface area contributed by atoms with Crippen LogP contribution in [0.1, 0.15) is 24.5 Å². The van der Waals surface area contributed by atoms with E-state index in [4.69, 9.17) is 28.4 Å². The molecular formula is C28H42O12. The van der Waals surface area contributed by atoms with Crippen molar-refractivity contribution in [1.82, 2.24) is 0 Å². The Morgan fingerprint density at radius 1 is 0.675 bits per heavy atom.